The Labute approximate surface area is 174 Å². The minimum atomic E-state index is -0.0829. The number of thiazole rings is 1. The Morgan fingerprint density at radius 2 is 2.07 bits per heavy atom. The summed E-state index contributed by atoms with van der Waals surface area (Å²) in [5.74, 6) is 1.17. The molecule has 4 rings (SSSR count). The highest BCUT2D eigenvalue weighted by molar-refractivity contribution is 7.09. The lowest BCUT2D eigenvalue weighted by atomic mass is 10.1. The second-order valence-corrected chi connectivity index (χ2v) is 7.94. The number of ether oxygens (including phenoxy) is 2. The van der Waals surface area contributed by atoms with Gasteiger partial charge in [0.1, 0.15) is 11.5 Å². The van der Waals surface area contributed by atoms with Crippen LogP contribution in [0.15, 0.2) is 41.8 Å². The molecule has 0 saturated heterocycles. The van der Waals surface area contributed by atoms with E-state index in [2.05, 4.69) is 38.8 Å². The fraction of sp³-hybridized carbons (Fsp3) is 0.273. The van der Waals surface area contributed by atoms with Gasteiger partial charge in [0.05, 0.1) is 37.2 Å². The molecule has 2 heterocycles. The van der Waals surface area contributed by atoms with E-state index in [-0.39, 0.29) is 12.5 Å². The molecule has 0 bridgehead atoms. The number of aryl methyl sites for hydroxylation is 1. The Hall–Kier alpha value is -3.06. The third-order valence-corrected chi connectivity index (χ3v) is 5.78. The summed E-state index contributed by atoms with van der Waals surface area (Å²) in [6, 6.07) is 11.7. The molecule has 0 radical (unpaired) electrons. The van der Waals surface area contributed by atoms with E-state index in [1.807, 2.05) is 6.92 Å². The van der Waals surface area contributed by atoms with Crippen LogP contribution in [0.3, 0.4) is 0 Å². The lowest BCUT2D eigenvalue weighted by Gasteiger charge is -2.19. The molecule has 0 saturated carbocycles. The molecule has 29 heavy (non-hydrogen) atoms. The Morgan fingerprint density at radius 3 is 2.79 bits per heavy atom. The van der Waals surface area contributed by atoms with Gasteiger partial charge in [0.25, 0.3) is 0 Å². The van der Waals surface area contributed by atoms with Gasteiger partial charge in [0.2, 0.25) is 5.91 Å². The van der Waals surface area contributed by atoms with Crippen LogP contribution in [0.2, 0.25) is 0 Å². The van der Waals surface area contributed by atoms with Crippen molar-refractivity contribution in [2.45, 2.75) is 13.3 Å². The van der Waals surface area contributed by atoms with E-state index < -0.39 is 0 Å². The van der Waals surface area contributed by atoms with Crippen molar-refractivity contribution in [3.8, 4) is 22.8 Å². The Bertz CT molecular complexity index is 1050. The molecular formula is C22H23N3O3S. The van der Waals surface area contributed by atoms with Crippen LogP contribution < -0.4 is 19.7 Å². The molecule has 2 aromatic carbocycles. The van der Waals surface area contributed by atoms with Gasteiger partial charge in [-0.1, -0.05) is 6.07 Å². The molecule has 150 valence electrons. The van der Waals surface area contributed by atoms with Crippen molar-refractivity contribution in [1.29, 1.82) is 0 Å². The fourth-order valence-corrected chi connectivity index (χ4v) is 4.18. The number of fused-ring (bicyclic) bond motifs is 1. The minimum Gasteiger partial charge on any atom is -0.497 e. The van der Waals surface area contributed by atoms with Crippen LogP contribution in [-0.2, 0) is 11.2 Å². The molecule has 0 aliphatic carbocycles. The van der Waals surface area contributed by atoms with E-state index in [1.54, 1.807) is 43.8 Å². The summed E-state index contributed by atoms with van der Waals surface area (Å²) < 4.78 is 10.6. The summed E-state index contributed by atoms with van der Waals surface area (Å²) >= 11 is 1.66. The van der Waals surface area contributed by atoms with Crippen LogP contribution >= 0.6 is 11.3 Å². The average Bonchev–Trinajstić information content (AvgIpc) is 3.34. The van der Waals surface area contributed by atoms with Crippen molar-refractivity contribution in [3.05, 3.63) is 52.3 Å². The number of benzene rings is 2. The molecule has 7 heteroatoms. The highest BCUT2D eigenvalue weighted by atomic mass is 32.1. The lowest BCUT2D eigenvalue weighted by molar-refractivity contribution is -0.115. The number of anilines is 2. The van der Waals surface area contributed by atoms with Crippen LogP contribution in [0.25, 0.3) is 11.3 Å². The topological polar surface area (TPSA) is 63.7 Å². The number of amides is 1. The predicted molar refractivity (Wildman–Crippen MR) is 116 cm³/mol. The molecule has 1 aliphatic heterocycles. The molecule has 0 atom stereocenters. The van der Waals surface area contributed by atoms with Crippen molar-refractivity contribution in [2.75, 3.05) is 37.5 Å². The van der Waals surface area contributed by atoms with Crippen LogP contribution in [0, 0.1) is 6.92 Å². The SMILES string of the molecule is COc1ccc(NC(=O)CN2CCc3cc(-c4csc(C)n4)ccc32)c(OC)c1. The zero-order chi connectivity index (χ0) is 20.4. The zero-order valence-electron chi connectivity index (χ0n) is 16.7. The number of hydrogen-bond donors (Lipinski definition) is 1. The fourth-order valence-electron chi connectivity index (χ4n) is 3.55. The summed E-state index contributed by atoms with van der Waals surface area (Å²) in [7, 11) is 3.17. The van der Waals surface area contributed by atoms with Gasteiger partial charge in [0.15, 0.2) is 0 Å². The van der Waals surface area contributed by atoms with Gasteiger partial charge in [-0.15, -0.1) is 11.3 Å². The Morgan fingerprint density at radius 1 is 1.21 bits per heavy atom. The standard InChI is InChI=1S/C22H23N3O3S/c1-14-23-19(13-29-14)15-4-7-20-16(10-15)8-9-25(20)12-22(26)24-18-6-5-17(27-2)11-21(18)28-3/h4-7,10-11,13H,8-9,12H2,1-3H3,(H,24,26). The molecule has 1 aliphatic rings. The number of rotatable bonds is 6. The minimum absolute atomic E-state index is 0.0829. The third-order valence-electron chi connectivity index (χ3n) is 5.00. The van der Waals surface area contributed by atoms with E-state index in [0.717, 1.165) is 34.9 Å². The van der Waals surface area contributed by atoms with Gasteiger partial charge >= 0.3 is 0 Å². The number of nitrogens with one attached hydrogen (secondary N) is 1. The number of methoxy groups -OCH3 is 2. The molecule has 3 aromatic rings. The summed E-state index contributed by atoms with van der Waals surface area (Å²) in [5, 5.41) is 6.09. The lowest BCUT2D eigenvalue weighted by Crippen LogP contribution is -2.31. The van der Waals surface area contributed by atoms with E-state index in [4.69, 9.17) is 9.47 Å². The molecule has 0 fully saturated rings. The monoisotopic (exact) mass is 409 g/mol. The summed E-state index contributed by atoms with van der Waals surface area (Å²) in [6.07, 6.45) is 0.922. The maximum Gasteiger partial charge on any atom is 0.243 e. The van der Waals surface area contributed by atoms with Gasteiger partial charge in [-0.2, -0.15) is 0 Å². The Kier molecular flexibility index (Phi) is 5.40. The number of carbonyl (C=O) groups excluding carboxylic acids is 1. The van der Waals surface area contributed by atoms with E-state index in [1.165, 1.54) is 5.56 Å². The van der Waals surface area contributed by atoms with Crippen molar-refractivity contribution >= 4 is 28.6 Å². The average molecular weight is 410 g/mol. The quantitative estimate of drug-likeness (QED) is 0.663. The van der Waals surface area contributed by atoms with Gasteiger partial charge in [-0.05, 0) is 43.2 Å². The van der Waals surface area contributed by atoms with Crippen LogP contribution in [0.5, 0.6) is 11.5 Å². The molecule has 6 nitrogen and oxygen atoms in total. The van der Waals surface area contributed by atoms with Crippen LogP contribution in [-0.4, -0.2) is 38.2 Å². The second-order valence-electron chi connectivity index (χ2n) is 6.88. The van der Waals surface area contributed by atoms with E-state index in [0.29, 0.717) is 17.2 Å². The summed E-state index contributed by atoms with van der Waals surface area (Å²) in [6.45, 7) is 3.12. The largest absolute Gasteiger partial charge is 0.497 e. The smallest absolute Gasteiger partial charge is 0.243 e. The molecule has 0 spiro atoms. The Balaban J connectivity index is 1.46. The first kappa shape index (κ1) is 19.3. The number of aromatic nitrogens is 1. The number of nitrogens with zero attached hydrogens (tertiary/aromatic N) is 2. The molecular weight excluding hydrogens is 386 g/mol. The molecule has 0 unspecified atom stereocenters. The molecule has 1 amide bonds. The predicted octanol–water partition coefficient (Wildman–Crippen LogP) is 4.14. The first-order chi connectivity index (χ1) is 14.1. The first-order valence-corrected chi connectivity index (χ1v) is 10.3. The second kappa shape index (κ2) is 8.13. The highest BCUT2D eigenvalue weighted by Gasteiger charge is 2.22. The van der Waals surface area contributed by atoms with E-state index >= 15 is 0 Å². The van der Waals surface area contributed by atoms with Gasteiger partial charge in [-0.3, -0.25) is 4.79 Å². The number of hydrogen-bond acceptors (Lipinski definition) is 6. The van der Waals surface area contributed by atoms with Crippen LogP contribution in [0.4, 0.5) is 11.4 Å². The first-order valence-electron chi connectivity index (χ1n) is 9.39. The molecule has 1 N–H and O–H groups in total. The van der Waals surface area contributed by atoms with E-state index in [9.17, 15) is 4.79 Å². The summed E-state index contributed by atoms with van der Waals surface area (Å²) in [5.41, 5.74) is 5.13. The van der Waals surface area contributed by atoms with Gasteiger partial charge in [-0.25, -0.2) is 4.98 Å². The number of carbonyl (C=O) groups is 1. The normalized spacial score (nSPS) is 12.6. The van der Waals surface area contributed by atoms with Gasteiger partial charge in [0, 0.05) is 29.2 Å². The van der Waals surface area contributed by atoms with Crippen molar-refractivity contribution < 1.29 is 14.3 Å². The zero-order valence-corrected chi connectivity index (χ0v) is 17.5. The van der Waals surface area contributed by atoms with Crippen LogP contribution in [0.1, 0.15) is 10.6 Å². The van der Waals surface area contributed by atoms with Crippen molar-refractivity contribution in [1.82, 2.24) is 4.98 Å². The van der Waals surface area contributed by atoms with Crippen molar-refractivity contribution in [3.63, 3.8) is 0 Å². The van der Waals surface area contributed by atoms with Gasteiger partial charge < -0.3 is 19.7 Å². The van der Waals surface area contributed by atoms with Crippen molar-refractivity contribution in [2.24, 2.45) is 0 Å². The molecule has 1 aromatic heterocycles. The third kappa shape index (κ3) is 4.05. The maximum absolute atomic E-state index is 12.6. The maximum atomic E-state index is 12.6. The highest BCUT2D eigenvalue weighted by Crippen LogP contribution is 2.33. The summed E-state index contributed by atoms with van der Waals surface area (Å²) in [4.78, 5) is 19.3.